The maximum absolute atomic E-state index is 13.0. The van der Waals surface area contributed by atoms with E-state index < -0.39 is 12.0 Å². The molecule has 0 saturated heterocycles. The molecule has 0 bridgehead atoms. The lowest BCUT2D eigenvalue weighted by atomic mass is 10.0. The Bertz CT molecular complexity index is 1200. The fourth-order valence-electron chi connectivity index (χ4n) is 3.43. The van der Waals surface area contributed by atoms with Crippen molar-refractivity contribution in [2.75, 3.05) is 7.11 Å². The van der Waals surface area contributed by atoms with E-state index in [0.29, 0.717) is 11.3 Å². The molecule has 0 fully saturated rings. The Morgan fingerprint density at radius 2 is 1.62 bits per heavy atom. The van der Waals surface area contributed by atoms with Crippen LogP contribution in [-0.2, 0) is 16.0 Å². The van der Waals surface area contributed by atoms with Crippen molar-refractivity contribution < 1.29 is 14.3 Å². The number of benzene rings is 3. The number of pyridine rings is 1. The van der Waals surface area contributed by atoms with Crippen molar-refractivity contribution in [1.29, 1.82) is 0 Å². The summed E-state index contributed by atoms with van der Waals surface area (Å²) in [6.07, 6.45) is 0.244. The van der Waals surface area contributed by atoms with Crippen LogP contribution in [0.15, 0.2) is 78.9 Å². The Morgan fingerprint density at radius 1 is 0.897 bits per heavy atom. The summed E-state index contributed by atoms with van der Waals surface area (Å²) in [6, 6.07) is 23.9. The smallest absolute Gasteiger partial charge is 0.328 e. The lowest BCUT2D eigenvalue weighted by Gasteiger charge is -2.17. The predicted molar refractivity (Wildman–Crippen MR) is 113 cm³/mol. The number of fused-ring (bicyclic) bond motifs is 2. The molecule has 4 aromatic rings. The van der Waals surface area contributed by atoms with E-state index in [9.17, 15) is 9.59 Å². The standard InChI is InChI=1S/C24H20N2O3/c1-29-24(28)22(15-18-14-13-17-8-3-5-12-21(17)25-18)26-23(27)20-11-6-9-16-7-2-4-10-19(16)20/h2-14,22H,15H2,1H3,(H,26,27)/t22-/m1/s1. The molecule has 1 amide bonds. The molecular weight excluding hydrogens is 364 g/mol. The number of carbonyl (C=O) groups excluding carboxylic acids is 2. The van der Waals surface area contributed by atoms with Gasteiger partial charge in [0.2, 0.25) is 0 Å². The van der Waals surface area contributed by atoms with Crippen LogP contribution < -0.4 is 5.32 Å². The second-order valence-corrected chi connectivity index (χ2v) is 6.78. The van der Waals surface area contributed by atoms with Gasteiger partial charge in [-0.1, -0.05) is 60.7 Å². The molecule has 144 valence electrons. The average Bonchev–Trinajstić information content (AvgIpc) is 2.77. The van der Waals surface area contributed by atoms with Crippen LogP contribution in [0.4, 0.5) is 0 Å². The summed E-state index contributed by atoms with van der Waals surface area (Å²) < 4.78 is 4.91. The third-order valence-electron chi connectivity index (χ3n) is 4.89. The molecule has 0 aliphatic heterocycles. The van der Waals surface area contributed by atoms with Gasteiger partial charge in [0.25, 0.3) is 5.91 Å². The monoisotopic (exact) mass is 384 g/mol. The third kappa shape index (κ3) is 3.94. The molecule has 0 radical (unpaired) electrons. The van der Waals surface area contributed by atoms with Crippen LogP contribution in [0.5, 0.6) is 0 Å². The molecule has 0 unspecified atom stereocenters. The zero-order valence-electron chi connectivity index (χ0n) is 16.0. The number of rotatable bonds is 5. The van der Waals surface area contributed by atoms with Crippen LogP contribution in [0.25, 0.3) is 21.7 Å². The number of carbonyl (C=O) groups is 2. The Morgan fingerprint density at radius 3 is 2.45 bits per heavy atom. The van der Waals surface area contributed by atoms with E-state index in [4.69, 9.17) is 4.74 Å². The normalized spacial score (nSPS) is 11.9. The van der Waals surface area contributed by atoms with Gasteiger partial charge in [-0.2, -0.15) is 0 Å². The molecule has 1 aromatic heterocycles. The predicted octanol–water partition coefficient (Wildman–Crippen LogP) is 3.90. The van der Waals surface area contributed by atoms with Crippen LogP contribution in [0.1, 0.15) is 16.1 Å². The summed E-state index contributed by atoms with van der Waals surface area (Å²) >= 11 is 0. The van der Waals surface area contributed by atoms with Crippen LogP contribution in [0, 0.1) is 0 Å². The Balaban J connectivity index is 1.61. The second-order valence-electron chi connectivity index (χ2n) is 6.78. The fourth-order valence-corrected chi connectivity index (χ4v) is 3.43. The first kappa shape index (κ1) is 18.6. The highest BCUT2D eigenvalue weighted by Gasteiger charge is 2.24. The van der Waals surface area contributed by atoms with Crippen LogP contribution >= 0.6 is 0 Å². The largest absolute Gasteiger partial charge is 0.467 e. The van der Waals surface area contributed by atoms with Gasteiger partial charge in [0, 0.05) is 23.1 Å². The second kappa shape index (κ2) is 8.10. The van der Waals surface area contributed by atoms with Crippen molar-refractivity contribution >= 4 is 33.6 Å². The number of amides is 1. The summed E-state index contributed by atoms with van der Waals surface area (Å²) in [5.74, 6) is -0.827. The Labute approximate surface area is 168 Å². The molecule has 5 heteroatoms. The molecule has 1 N–H and O–H groups in total. The summed E-state index contributed by atoms with van der Waals surface area (Å²) in [5, 5.41) is 5.64. The summed E-state index contributed by atoms with van der Waals surface area (Å²) in [4.78, 5) is 29.9. The molecule has 0 aliphatic carbocycles. The van der Waals surface area contributed by atoms with Gasteiger partial charge < -0.3 is 10.1 Å². The minimum Gasteiger partial charge on any atom is -0.467 e. The molecule has 3 aromatic carbocycles. The molecule has 4 rings (SSSR count). The van der Waals surface area contributed by atoms with Gasteiger partial charge in [-0.25, -0.2) is 4.79 Å². The van der Waals surface area contributed by atoms with Gasteiger partial charge in [-0.15, -0.1) is 0 Å². The van der Waals surface area contributed by atoms with Gasteiger partial charge in [0.05, 0.1) is 12.6 Å². The van der Waals surface area contributed by atoms with E-state index in [1.807, 2.05) is 72.8 Å². The highest BCUT2D eigenvalue weighted by atomic mass is 16.5. The molecule has 0 spiro atoms. The Hall–Kier alpha value is -3.73. The molecule has 0 aliphatic rings. The number of hydrogen-bond donors (Lipinski definition) is 1. The van der Waals surface area contributed by atoms with Crippen LogP contribution in [-0.4, -0.2) is 30.0 Å². The minimum absolute atomic E-state index is 0.244. The van der Waals surface area contributed by atoms with Crippen molar-refractivity contribution in [3.05, 3.63) is 90.1 Å². The van der Waals surface area contributed by atoms with Crippen molar-refractivity contribution in [2.24, 2.45) is 0 Å². The molecular formula is C24H20N2O3. The van der Waals surface area contributed by atoms with E-state index >= 15 is 0 Å². The van der Waals surface area contributed by atoms with Crippen LogP contribution in [0.3, 0.4) is 0 Å². The fraction of sp³-hybridized carbons (Fsp3) is 0.125. The summed E-state index contributed by atoms with van der Waals surface area (Å²) in [7, 11) is 1.31. The minimum atomic E-state index is -0.833. The first-order chi connectivity index (χ1) is 14.2. The van der Waals surface area contributed by atoms with E-state index in [0.717, 1.165) is 21.7 Å². The number of nitrogens with zero attached hydrogens (tertiary/aromatic N) is 1. The van der Waals surface area contributed by atoms with Gasteiger partial charge in [-0.3, -0.25) is 9.78 Å². The molecule has 29 heavy (non-hydrogen) atoms. The topological polar surface area (TPSA) is 68.3 Å². The third-order valence-corrected chi connectivity index (χ3v) is 4.89. The SMILES string of the molecule is COC(=O)[C@@H](Cc1ccc2ccccc2n1)NC(=O)c1cccc2ccccc12. The van der Waals surface area contributed by atoms with Crippen molar-refractivity contribution in [1.82, 2.24) is 10.3 Å². The van der Waals surface area contributed by atoms with Crippen molar-refractivity contribution in [3.63, 3.8) is 0 Å². The number of hydrogen-bond acceptors (Lipinski definition) is 4. The quantitative estimate of drug-likeness (QED) is 0.530. The summed E-state index contributed by atoms with van der Waals surface area (Å²) in [5.41, 5.74) is 2.06. The highest BCUT2D eigenvalue weighted by Crippen LogP contribution is 2.19. The van der Waals surface area contributed by atoms with Gasteiger partial charge in [0.15, 0.2) is 0 Å². The van der Waals surface area contributed by atoms with Crippen molar-refractivity contribution in [2.45, 2.75) is 12.5 Å². The number of para-hydroxylation sites is 1. The van der Waals surface area contributed by atoms with E-state index in [2.05, 4.69) is 10.3 Å². The molecule has 1 heterocycles. The highest BCUT2D eigenvalue weighted by molar-refractivity contribution is 6.08. The maximum Gasteiger partial charge on any atom is 0.328 e. The zero-order valence-corrected chi connectivity index (χ0v) is 16.0. The van der Waals surface area contributed by atoms with Gasteiger partial charge >= 0.3 is 5.97 Å². The lowest BCUT2D eigenvalue weighted by Crippen LogP contribution is -2.43. The molecule has 1 atom stereocenters. The van der Waals surface area contributed by atoms with Gasteiger partial charge in [-0.05, 0) is 29.0 Å². The van der Waals surface area contributed by atoms with Gasteiger partial charge in [0.1, 0.15) is 6.04 Å². The summed E-state index contributed by atoms with van der Waals surface area (Å²) in [6.45, 7) is 0. The van der Waals surface area contributed by atoms with Crippen molar-refractivity contribution in [3.8, 4) is 0 Å². The first-order valence-electron chi connectivity index (χ1n) is 9.37. The number of methoxy groups -OCH3 is 1. The molecule has 5 nitrogen and oxygen atoms in total. The number of esters is 1. The Kier molecular flexibility index (Phi) is 5.20. The number of aromatic nitrogens is 1. The van der Waals surface area contributed by atoms with E-state index in [1.165, 1.54) is 7.11 Å². The average molecular weight is 384 g/mol. The van der Waals surface area contributed by atoms with E-state index in [-0.39, 0.29) is 12.3 Å². The zero-order chi connectivity index (χ0) is 20.2. The lowest BCUT2D eigenvalue weighted by molar-refractivity contribution is -0.142. The maximum atomic E-state index is 13.0. The number of ether oxygens (including phenoxy) is 1. The number of nitrogens with one attached hydrogen (secondary N) is 1. The first-order valence-corrected chi connectivity index (χ1v) is 9.37. The van der Waals surface area contributed by atoms with E-state index in [1.54, 1.807) is 6.07 Å². The molecule has 0 saturated carbocycles. The van der Waals surface area contributed by atoms with Crippen LogP contribution in [0.2, 0.25) is 0 Å².